The number of rotatable bonds is 10. The lowest BCUT2D eigenvalue weighted by Crippen LogP contribution is -2.59. The summed E-state index contributed by atoms with van der Waals surface area (Å²) in [6.07, 6.45) is 0. The first kappa shape index (κ1) is 78.9. The zero-order valence-electron chi connectivity index (χ0n) is 58.3. The van der Waals surface area contributed by atoms with Crippen molar-refractivity contribution in [2.75, 3.05) is 199 Å². The summed E-state index contributed by atoms with van der Waals surface area (Å²) in [5.41, 5.74) is 0.832. The number of hydrogen-bond donors (Lipinski definition) is 4. The van der Waals surface area contributed by atoms with Crippen LogP contribution in [0.5, 0.6) is 0 Å². The third-order valence-electron chi connectivity index (χ3n) is 15.6. The molecular weight excluding hydrogens is 1050 g/mol. The number of likely N-dealkylation sites (N-methyl/N-ethyl adjacent to an activating group) is 2. The second-order valence-corrected chi connectivity index (χ2v) is 30.6. The minimum absolute atomic E-state index is 0.136. The molecule has 0 saturated carbocycles. The van der Waals surface area contributed by atoms with E-state index in [1.807, 2.05) is 53.9 Å². The molecule has 0 aromatic heterocycles. The third-order valence-corrected chi connectivity index (χ3v) is 15.6. The van der Waals surface area contributed by atoms with Crippen LogP contribution in [-0.4, -0.2) is 317 Å². The molecule has 0 aromatic rings. The Balaban J connectivity index is 0.000000504. The van der Waals surface area contributed by atoms with Crippen molar-refractivity contribution in [1.82, 2.24) is 59.6 Å². The van der Waals surface area contributed by atoms with E-state index in [1.54, 1.807) is 9.80 Å². The van der Waals surface area contributed by atoms with Crippen molar-refractivity contribution in [2.24, 2.45) is 22.2 Å². The Kier molecular flexibility index (Phi) is 35.8. The van der Waals surface area contributed by atoms with Crippen LogP contribution in [-0.2, 0) is 23.9 Å². The first-order valence-corrected chi connectivity index (χ1v) is 31.9. The Morgan fingerprint density at radius 2 is 0.916 bits per heavy atom. The van der Waals surface area contributed by atoms with Gasteiger partial charge in [-0.25, -0.2) is 0 Å². The number of morpholine rings is 2. The van der Waals surface area contributed by atoms with Gasteiger partial charge in [-0.15, -0.1) is 0 Å². The number of nitrogens with zero attached hydrogens (tertiary/aromatic N) is 10. The van der Waals surface area contributed by atoms with Gasteiger partial charge >= 0.3 is 0 Å². The van der Waals surface area contributed by atoms with Crippen LogP contribution in [0.2, 0.25) is 0 Å². The molecule has 0 bridgehead atoms. The van der Waals surface area contributed by atoms with Gasteiger partial charge in [-0.3, -0.25) is 38.9 Å². The van der Waals surface area contributed by atoms with Crippen molar-refractivity contribution in [3.8, 4) is 0 Å². The highest BCUT2D eigenvalue weighted by molar-refractivity contribution is 5.81. The number of carbonyl (C=O) groups excluding carboxylic acids is 3. The normalized spacial score (nSPS) is 24.5. The highest BCUT2D eigenvalue weighted by Gasteiger charge is 2.35. The van der Waals surface area contributed by atoms with Gasteiger partial charge in [0.05, 0.1) is 64.8 Å². The van der Waals surface area contributed by atoms with Crippen molar-refractivity contribution in [3.63, 3.8) is 0 Å². The highest BCUT2D eigenvalue weighted by atomic mass is 16.5. The third kappa shape index (κ3) is 33.2. The second kappa shape index (κ2) is 37.7. The average Bonchev–Trinajstić information content (AvgIpc) is 3.53. The van der Waals surface area contributed by atoms with Crippen molar-refractivity contribution in [1.29, 1.82) is 0 Å². The van der Waals surface area contributed by atoms with Crippen LogP contribution in [0, 0.1) is 22.2 Å². The molecule has 6 aliphatic heterocycles. The molecule has 6 saturated heterocycles. The van der Waals surface area contributed by atoms with Gasteiger partial charge < -0.3 is 54.8 Å². The molecule has 4 N–H and O–H groups in total. The quantitative estimate of drug-likeness (QED) is 0.240. The monoisotopic (exact) mass is 1180 g/mol. The fourth-order valence-electron chi connectivity index (χ4n) is 11.2. The largest absolute Gasteiger partial charge is 0.395 e. The fourth-order valence-corrected chi connectivity index (χ4v) is 11.2. The lowest BCUT2D eigenvalue weighted by Gasteiger charge is -2.46. The number of carbonyl (C=O) groups is 3. The molecule has 83 heavy (non-hydrogen) atoms. The number of amides is 3. The Bertz CT molecular complexity index is 1730. The summed E-state index contributed by atoms with van der Waals surface area (Å²) in [7, 11) is 7.29. The minimum atomic E-state index is -0.225. The molecule has 0 unspecified atom stereocenters. The molecule has 6 aliphatic rings. The Morgan fingerprint density at radius 3 is 1.28 bits per heavy atom. The molecule has 0 aliphatic carbocycles. The van der Waals surface area contributed by atoms with Gasteiger partial charge in [0.25, 0.3) is 0 Å². The van der Waals surface area contributed by atoms with Crippen molar-refractivity contribution in [2.45, 2.75) is 180 Å². The van der Waals surface area contributed by atoms with Gasteiger partial charge in [0.15, 0.2) is 0 Å². The zero-order chi connectivity index (χ0) is 63.7. The van der Waals surface area contributed by atoms with Crippen LogP contribution in [0.4, 0.5) is 0 Å². The van der Waals surface area contributed by atoms with Gasteiger partial charge in [-0.1, -0.05) is 76.2 Å². The SMILES string of the molecule is CC(C)(C)C(=O)N1CCNCC1.CC(C)(C)CN1CCNCC1.CC(C)(C)N1CCOC[C@@H]1CO.CC(C)(C)N1CCOC[C@H]1CO.CC(C)CN1CCN(CC(=O)N(C)C)[C@H](C)C1.C[C@@H]1CN(CC(C)(C)C)[C@@H](C)CN1CC(=O)N(C)C. The summed E-state index contributed by atoms with van der Waals surface area (Å²) in [6.45, 7) is 67.2. The van der Waals surface area contributed by atoms with E-state index in [4.69, 9.17) is 19.7 Å². The number of aliphatic hydroxyl groups is 2. The van der Waals surface area contributed by atoms with Crippen LogP contribution < -0.4 is 10.6 Å². The van der Waals surface area contributed by atoms with Crippen molar-refractivity contribution < 1.29 is 34.1 Å². The number of hydrogen-bond acceptors (Lipinski definition) is 16. The van der Waals surface area contributed by atoms with Crippen molar-refractivity contribution >= 4 is 17.7 Å². The molecular formula is C64H134N12O7. The Hall–Kier alpha value is -2.11. The summed E-state index contributed by atoms with van der Waals surface area (Å²) in [4.78, 5) is 57.4. The van der Waals surface area contributed by atoms with E-state index in [9.17, 15) is 14.4 Å². The fraction of sp³-hybridized carbons (Fsp3) is 0.953. The van der Waals surface area contributed by atoms with Crippen molar-refractivity contribution in [3.05, 3.63) is 0 Å². The van der Waals surface area contributed by atoms with Gasteiger partial charge in [0, 0.05) is 181 Å². The summed E-state index contributed by atoms with van der Waals surface area (Å²) in [6, 6.07) is 1.80. The van der Waals surface area contributed by atoms with E-state index < -0.39 is 0 Å². The first-order chi connectivity index (χ1) is 38.2. The maximum Gasteiger partial charge on any atom is 0.236 e. The summed E-state index contributed by atoms with van der Waals surface area (Å²) >= 11 is 0. The summed E-state index contributed by atoms with van der Waals surface area (Å²) in [5, 5.41) is 24.8. The van der Waals surface area contributed by atoms with Crippen LogP contribution in [0.1, 0.15) is 138 Å². The molecule has 6 heterocycles. The minimum Gasteiger partial charge on any atom is -0.395 e. The topological polar surface area (TPSA) is 167 Å². The number of aliphatic hydroxyl groups excluding tert-OH is 2. The maximum atomic E-state index is 11.8. The molecule has 492 valence electrons. The molecule has 3 amide bonds. The second-order valence-electron chi connectivity index (χ2n) is 30.6. The number of nitrogens with one attached hydrogen (secondary N) is 2. The standard InChI is InChI=1S/C15H31N3O.C13H27N3O.C9H18N2O.C9H20N2.2C9H19NO2/c1-12-9-18(11-15(3,4)5)13(2)8-17(12)10-14(19)16(6)7;1-11(2)8-15-6-7-16(12(3)9-15)10-13(17)14(4)5;1-9(2,3)8(12)11-6-4-10-5-7-11;1-9(2,3)8-11-6-4-10-5-7-11;2*1-9(2,3)10-4-5-12-7-8(10)6-11/h12-13H,8-11H2,1-7H3;11-12H,6-10H2,1-5H3;10H,4-7H2,1-3H3;10H,4-8H2,1-3H3;2*8,11H,4-7H2,1-3H3/t12-,13+;12-;;;2*8-/m11..10/s1. The van der Waals surface area contributed by atoms with Crippen LogP contribution >= 0.6 is 0 Å². The Morgan fingerprint density at radius 1 is 0.518 bits per heavy atom. The van der Waals surface area contributed by atoms with Gasteiger partial charge in [-0.2, -0.15) is 0 Å². The zero-order valence-corrected chi connectivity index (χ0v) is 58.3. The van der Waals surface area contributed by atoms with Crippen LogP contribution in [0.25, 0.3) is 0 Å². The predicted octanol–water partition coefficient (Wildman–Crippen LogP) is 4.61. The van der Waals surface area contributed by atoms with Gasteiger partial charge in [0.1, 0.15) is 0 Å². The smallest absolute Gasteiger partial charge is 0.236 e. The molecule has 6 rings (SSSR count). The van der Waals surface area contributed by atoms with Crippen LogP contribution in [0.3, 0.4) is 0 Å². The van der Waals surface area contributed by atoms with Crippen LogP contribution in [0.15, 0.2) is 0 Å². The average molecular weight is 1180 g/mol. The molecule has 0 aromatic carbocycles. The molecule has 5 atom stereocenters. The molecule has 0 radical (unpaired) electrons. The highest BCUT2D eigenvalue weighted by Crippen LogP contribution is 2.24. The number of piperazine rings is 4. The molecule has 19 nitrogen and oxygen atoms in total. The summed E-state index contributed by atoms with van der Waals surface area (Å²) < 4.78 is 10.6. The van der Waals surface area contributed by atoms with E-state index in [0.717, 1.165) is 111 Å². The summed E-state index contributed by atoms with van der Waals surface area (Å²) in [5.74, 6) is 1.39. The maximum absolute atomic E-state index is 11.8. The number of ether oxygens (including phenoxy) is 2. The van der Waals surface area contributed by atoms with E-state index in [-0.39, 0.29) is 59.5 Å². The molecule has 0 spiro atoms. The predicted molar refractivity (Wildman–Crippen MR) is 345 cm³/mol. The van der Waals surface area contributed by atoms with E-state index in [1.165, 1.54) is 26.2 Å². The molecule has 6 fully saturated rings. The van der Waals surface area contributed by atoms with E-state index in [0.29, 0.717) is 55.3 Å². The first-order valence-electron chi connectivity index (χ1n) is 31.9. The van der Waals surface area contributed by atoms with E-state index in [2.05, 4.69) is 163 Å². The Labute approximate surface area is 510 Å². The lowest BCUT2D eigenvalue weighted by molar-refractivity contribution is -0.140. The van der Waals surface area contributed by atoms with Gasteiger partial charge in [-0.05, 0) is 79.1 Å². The van der Waals surface area contributed by atoms with Gasteiger partial charge in [0.2, 0.25) is 17.7 Å². The van der Waals surface area contributed by atoms with E-state index >= 15 is 0 Å². The molecule has 19 heteroatoms. The lowest BCUT2D eigenvalue weighted by atomic mass is 9.94.